The molecule has 0 radical (unpaired) electrons. The Morgan fingerprint density at radius 3 is 2.52 bits per heavy atom. The molecule has 0 aromatic heterocycles. The number of ether oxygens (including phenoxy) is 1. The average molecular weight is 320 g/mol. The molecule has 0 fully saturated rings. The van der Waals surface area contributed by atoms with Gasteiger partial charge in [-0.1, -0.05) is 42.7 Å². The van der Waals surface area contributed by atoms with Crippen molar-refractivity contribution in [1.29, 1.82) is 0 Å². The topological polar surface area (TPSA) is 46.5 Å². The monoisotopic (exact) mass is 320 g/mol. The molecule has 23 heavy (non-hydrogen) atoms. The van der Waals surface area contributed by atoms with E-state index in [1.54, 1.807) is 0 Å². The highest BCUT2D eigenvalue weighted by atomic mass is 16.5. The van der Waals surface area contributed by atoms with Crippen molar-refractivity contribution in [2.45, 2.75) is 73.0 Å². The van der Waals surface area contributed by atoms with Gasteiger partial charge in [0.15, 0.2) is 0 Å². The second kappa shape index (κ2) is 9.07. The molecule has 0 amide bonds. The fourth-order valence-electron chi connectivity index (χ4n) is 3.15. The maximum Gasteiger partial charge on any atom is 0.330 e. The molecule has 0 aliphatic heterocycles. The van der Waals surface area contributed by atoms with E-state index in [-0.39, 0.29) is 23.9 Å². The fraction of sp³-hybridized carbons (Fsp3) is 0.650. The maximum absolute atomic E-state index is 12.1. The third kappa shape index (κ3) is 6.74. The van der Waals surface area contributed by atoms with Gasteiger partial charge in [-0.3, -0.25) is 0 Å². The van der Waals surface area contributed by atoms with E-state index in [4.69, 9.17) is 4.74 Å². The lowest BCUT2D eigenvalue weighted by atomic mass is 9.81. The van der Waals surface area contributed by atoms with Crippen molar-refractivity contribution in [3.05, 3.63) is 34.9 Å². The van der Waals surface area contributed by atoms with Gasteiger partial charge in [0, 0.05) is 18.4 Å². The summed E-state index contributed by atoms with van der Waals surface area (Å²) >= 11 is 0. The highest BCUT2D eigenvalue weighted by Crippen LogP contribution is 2.30. The van der Waals surface area contributed by atoms with Gasteiger partial charge in [-0.25, -0.2) is 4.79 Å². The second-order valence-electron chi connectivity index (χ2n) is 7.32. The van der Waals surface area contributed by atoms with Crippen LogP contribution in [0.3, 0.4) is 0 Å². The van der Waals surface area contributed by atoms with Crippen LogP contribution in [-0.4, -0.2) is 23.3 Å². The third-order valence-electron chi connectivity index (χ3n) is 4.28. The van der Waals surface area contributed by atoms with Crippen LogP contribution in [0.2, 0.25) is 0 Å². The third-order valence-corrected chi connectivity index (χ3v) is 4.28. The summed E-state index contributed by atoms with van der Waals surface area (Å²) in [6.45, 7) is 12.0. The number of aliphatic hydroxyl groups excluding tert-OH is 1. The van der Waals surface area contributed by atoms with E-state index in [1.165, 1.54) is 17.2 Å². The van der Waals surface area contributed by atoms with Crippen LogP contribution in [-0.2, 0) is 9.53 Å². The maximum atomic E-state index is 12.1. The summed E-state index contributed by atoms with van der Waals surface area (Å²) in [5.74, 6) is -0.217. The van der Waals surface area contributed by atoms with E-state index in [2.05, 4.69) is 33.8 Å². The average Bonchev–Trinajstić information content (AvgIpc) is 2.35. The van der Waals surface area contributed by atoms with Gasteiger partial charge in [0.05, 0.1) is 6.10 Å². The molecule has 0 bridgehead atoms. The van der Waals surface area contributed by atoms with Crippen molar-refractivity contribution < 1.29 is 14.6 Å². The van der Waals surface area contributed by atoms with Crippen LogP contribution in [0.5, 0.6) is 0 Å². The molecule has 0 aromatic rings. The Labute approximate surface area is 141 Å². The van der Waals surface area contributed by atoms with Crippen molar-refractivity contribution in [3.63, 3.8) is 0 Å². The van der Waals surface area contributed by atoms with Crippen LogP contribution < -0.4 is 0 Å². The van der Waals surface area contributed by atoms with Crippen LogP contribution in [0.1, 0.15) is 60.8 Å². The zero-order chi connectivity index (χ0) is 17.6. The van der Waals surface area contributed by atoms with Gasteiger partial charge in [-0.2, -0.15) is 0 Å². The number of hydrogen-bond acceptors (Lipinski definition) is 3. The molecule has 1 rings (SSSR count). The smallest absolute Gasteiger partial charge is 0.330 e. The molecule has 3 nitrogen and oxygen atoms in total. The molecular weight excluding hydrogens is 288 g/mol. The van der Waals surface area contributed by atoms with E-state index >= 15 is 0 Å². The number of esters is 1. The zero-order valence-corrected chi connectivity index (χ0v) is 15.4. The van der Waals surface area contributed by atoms with Crippen LogP contribution in [0.4, 0.5) is 0 Å². The summed E-state index contributed by atoms with van der Waals surface area (Å²) in [6.07, 6.45) is 7.35. The molecule has 0 heterocycles. The molecule has 130 valence electrons. The molecule has 3 heteroatoms. The molecule has 0 spiro atoms. The predicted octanol–water partition coefficient (Wildman–Crippen LogP) is 4.57. The fourth-order valence-corrected chi connectivity index (χ4v) is 3.15. The predicted molar refractivity (Wildman–Crippen MR) is 95.0 cm³/mol. The van der Waals surface area contributed by atoms with Gasteiger partial charge in [-0.05, 0) is 46.5 Å². The van der Waals surface area contributed by atoms with Crippen LogP contribution in [0, 0.1) is 11.8 Å². The first-order valence-corrected chi connectivity index (χ1v) is 8.57. The van der Waals surface area contributed by atoms with E-state index in [0.717, 1.165) is 18.4 Å². The lowest BCUT2D eigenvalue weighted by molar-refractivity contribution is -0.148. The largest absolute Gasteiger partial charge is 0.458 e. The Kier molecular flexibility index (Phi) is 7.77. The summed E-state index contributed by atoms with van der Waals surface area (Å²) < 4.78 is 5.74. The first kappa shape index (κ1) is 19.7. The Hall–Kier alpha value is -1.35. The van der Waals surface area contributed by atoms with Crippen molar-refractivity contribution >= 4 is 5.97 Å². The number of carbonyl (C=O) groups is 1. The Bertz CT molecular complexity index is 493. The lowest BCUT2D eigenvalue weighted by Crippen LogP contribution is -2.38. The summed E-state index contributed by atoms with van der Waals surface area (Å²) in [6, 6.07) is 0. The SMILES string of the molecule is CC(C)=CC(=O)O[C@H]1C/C(C)=C/CC/C(C)=C/[C@H](O)[C@@H]1C(C)C. The molecule has 1 N–H and O–H groups in total. The number of aliphatic hydroxyl groups is 1. The van der Waals surface area contributed by atoms with E-state index in [9.17, 15) is 9.90 Å². The Morgan fingerprint density at radius 1 is 1.30 bits per heavy atom. The number of hydrogen-bond donors (Lipinski definition) is 1. The van der Waals surface area contributed by atoms with Crippen molar-refractivity contribution in [3.8, 4) is 0 Å². The van der Waals surface area contributed by atoms with Crippen molar-refractivity contribution in [2.75, 3.05) is 0 Å². The second-order valence-corrected chi connectivity index (χ2v) is 7.32. The van der Waals surface area contributed by atoms with Gasteiger partial charge < -0.3 is 9.84 Å². The number of carbonyl (C=O) groups excluding carboxylic acids is 1. The Morgan fingerprint density at radius 2 is 1.96 bits per heavy atom. The zero-order valence-electron chi connectivity index (χ0n) is 15.4. The minimum absolute atomic E-state index is 0.110. The molecule has 0 unspecified atom stereocenters. The minimum atomic E-state index is -0.592. The molecule has 0 aromatic carbocycles. The molecular formula is C20H32O3. The Balaban J connectivity index is 3.12. The quantitative estimate of drug-likeness (QED) is 0.470. The number of allylic oxidation sites excluding steroid dienone is 3. The van der Waals surface area contributed by atoms with Gasteiger partial charge in [0.1, 0.15) is 6.10 Å². The molecule has 3 atom stereocenters. The van der Waals surface area contributed by atoms with Gasteiger partial charge in [0.25, 0.3) is 0 Å². The molecule has 0 saturated heterocycles. The summed E-state index contributed by atoms with van der Waals surface area (Å²) in [4.78, 5) is 12.1. The first-order valence-electron chi connectivity index (χ1n) is 8.57. The minimum Gasteiger partial charge on any atom is -0.458 e. The highest BCUT2D eigenvalue weighted by Gasteiger charge is 2.33. The highest BCUT2D eigenvalue weighted by molar-refractivity contribution is 5.82. The van der Waals surface area contributed by atoms with Crippen molar-refractivity contribution in [2.24, 2.45) is 11.8 Å². The lowest BCUT2D eigenvalue weighted by Gasteiger charge is -2.33. The van der Waals surface area contributed by atoms with Gasteiger partial charge >= 0.3 is 5.97 Å². The normalized spacial score (nSPS) is 30.7. The van der Waals surface area contributed by atoms with Gasteiger partial charge in [-0.15, -0.1) is 0 Å². The molecule has 0 saturated carbocycles. The standard InChI is InChI=1S/C20H32O3/c1-13(2)10-19(22)23-18-12-16(6)9-7-8-15(5)11-17(21)20(18)14(3)4/h9-11,14,17-18,20-21H,7-8,12H2,1-6H3/b15-11+,16-9+/t17-,18-,20-/m0/s1. The summed E-state index contributed by atoms with van der Waals surface area (Å²) in [7, 11) is 0. The van der Waals surface area contributed by atoms with E-state index < -0.39 is 6.10 Å². The summed E-state index contributed by atoms with van der Waals surface area (Å²) in [5, 5.41) is 10.7. The van der Waals surface area contributed by atoms with Crippen LogP contribution in [0.25, 0.3) is 0 Å². The first-order chi connectivity index (χ1) is 10.7. The number of rotatable bonds is 3. The molecule has 1 aliphatic carbocycles. The van der Waals surface area contributed by atoms with Gasteiger partial charge in [0.2, 0.25) is 0 Å². The van der Waals surface area contributed by atoms with Crippen LogP contribution >= 0.6 is 0 Å². The van der Waals surface area contributed by atoms with Crippen LogP contribution in [0.15, 0.2) is 34.9 Å². The molecule has 1 aliphatic rings. The van der Waals surface area contributed by atoms with E-state index in [1.807, 2.05) is 19.9 Å². The van der Waals surface area contributed by atoms with E-state index in [0.29, 0.717) is 6.42 Å². The summed E-state index contributed by atoms with van der Waals surface area (Å²) in [5.41, 5.74) is 3.32. The van der Waals surface area contributed by atoms with Crippen molar-refractivity contribution in [1.82, 2.24) is 0 Å².